The number of H-pyrrole nitrogens is 1. The van der Waals surface area contributed by atoms with E-state index in [1.807, 2.05) is 24.6 Å². The van der Waals surface area contributed by atoms with Gasteiger partial charge in [0.15, 0.2) is 0 Å². The van der Waals surface area contributed by atoms with Crippen LogP contribution in [0, 0.1) is 24.3 Å². The fourth-order valence-corrected chi connectivity index (χ4v) is 4.47. The fraction of sp³-hybridized carbons (Fsp3) is 0.550. The first kappa shape index (κ1) is 15.7. The van der Waals surface area contributed by atoms with Crippen LogP contribution < -0.4 is 0 Å². The summed E-state index contributed by atoms with van der Waals surface area (Å²) in [5.41, 5.74) is 1.96. The number of likely N-dealkylation sites (tertiary alicyclic amines) is 1. The Morgan fingerprint density at radius 2 is 2.25 bits per heavy atom. The number of imidazole rings is 1. The predicted octanol–water partition coefficient (Wildman–Crippen LogP) is 4.06. The number of carbonyl (C=O) groups excluding carboxylic acids is 1. The number of amides is 1. The van der Waals surface area contributed by atoms with Crippen LogP contribution in [0.15, 0.2) is 18.2 Å². The van der Waals surface area contributed by atoms with Gasteiger partial charge in [-0.25, -0.2) is 4.98 Å². The van der Waals surface area contributed by atoms with Crippen LogP contribution in [0.5, 0.6) is 0 Å². The summed E-state index contributed by atoms with van der Waals surface area (Å²) < 4.78 is 0. The van der Waals surface area contributed by atoms with E-state index in [9.17, 15) is 4.79 Å². The summed E-state index contributed by atoms with van der Waals surface area (Å²) in [6, 6.07) is 9.34. The second-order valence-electron chi connectivity index (χ2n) is 7.58. The van der Waals surface area contributed by atoms with Crippen molar-refractivity contribution >= 4 is 16.9 Å². The van der Waals surface area contributed by atoms with Crippen molar-refractivity contribution in [1.29, 1.82) is 0 Å². The van der Waals surface area contributed by atoms with Gasteiger partial charge in [-0.3, -0.25) is 4.79 Å². The first-order valence-electron chi connectivity index (χ1n) is 9.16. The van der Waals surface area contributed by atoms with E-state index >= 15 is 0 Å². The molecular weight excluding hydrogens is 298 g/mol. The minimum atomic E-state index is 0.0769. The molecule has 1 N–H and O–H groups in total. The molecule has 1 amide bonds. The molecule has 2 aliphatic rings. The van der Waals surface area contributed by atoms with Crippen LogP contribution in [0.1, 0.15) is 57.8 Å². The molecule has 0 unspecified atom stereocenters. The third-order valence-electron chi connectivity index (χ3n) is 5.48. The van der Waals surface area contributed by atoms with Gasteiger partial charge in [-0.1, -0.05) is 32.8 Å². The fourth-order valence-electron chi connectivity index (χ4n) is 4.47. The maximum Gasteiger partial charge on any atom is 0.227 e. The number of aromatic amines is 1. The van der Waals surface area contributed by atoms with Crippen molar-refractivity contribution in [2.75, 3.05) is 0 Å². The average Bonchev–Trinajstić information content (AvgIpc) is 3.15. The van der Waals surface area contributed by atoms with Crippen molar-refractivity contribution in [3.63, 3.8) is 0 Å². The number of carbonyl (C=O) groups is 1. The number of rotatable bonds is 3. The van der Waals surface area contributed by atoms with Crippen LogP contribution in [0.4, 0.5) is 0 Å². The second kappa shape index (κ2) is 6.23. The summed E-state index contributed by atoms with van der Waals surface area (Å²) in [6.07, 6.45) is 7.78. The lowest BCUT2D eigenvalue weighted by atomic mass is 9.84. The molecule has 2 fully saturated rings. The Balaban J connectivity index is 1.69. The standard InChI is InChI=1S/C20H25N3O/c1-13(2)11-19(24)23-17-10-6-3-7-14(17)12-18(23)20-21-15-8-4-5-9-16(15)22-20/h4,8-9,11,13-14,17-18H,3,6-7,10,12H2,1-2H3,(H,21,22)/t14-,17-,18-/m0/s1. The van der Waals surface area contributed by atoms with Crippen LogP contribution >= 0.6 is 0 Å². The third kappa shape index (κ3) is 2.72. The third-order valence-corrected chi connectivity index (χ3v) is 5.48. The van der Waals surface area contributed by atoms with E-state index in [1.165, 1.54) is 19.3 Å². The predicted molar refractivity (Wildman–Crippen MR) is 94.0 cm³/mol. The molecule has 2 heterocycles. The zero-order valence-corrected chi connectivity index (χ0v) is 14.5. The van der Waals surface area contributed by atoms with Gasteiger partial charge in [-0.2, -0.15) is 0 Å². The van der Waals surface area contributed by atoms with E-state index in [-0.39, 0.29) is 17.9 Å². The molecule has 126 valence electrons. The Morgan fingerprint density at radius 3 is 3.04 bits per heavy atom. The lowest BCUT2D eigenvalue weighted by Crippen LogP contribution is -2.41. The van der Waals surface area contributed by atoms with Gasteiger partial charge in [0, 0.05) is 6.04 Å². The van der Waals surface area contributed by atoms with E-state index < -0.39 is 0 Å². The molecule has 2 radical (unpaired) electrons. The summed E-state index contributed by atoms with van der Waals surface area (Å²) in [5, 5.41) is 0. The number of aromatic nitrogens is 2. The topological polar surface area (TPSA) is 49.0 Å². The molecule has 24 heavy (non-hydrogen) atoms. The minimum absolute atomic E-state index is 0.0769. The van der Waals surface area contributed by atoms with Crippen LogP contribution in [-0.2, 0) is 4.79 Å². The minimum Gasteiger partial charge on any atom is -0.340 e. The molecule has 0 bridgehead atoms. The molecule has 1 aliphatic heterocycles. The summed E-state index contributed by atoms with van der Waals surface area (Å²) in [5.74, 6) is 2.00. The van der Waals surface area contributed by atoms with Gasteiger partial charge < -0.3 is 9.88 Å². The summed E-state index contributed by atoms with van der Waals surface area (Å²) >= 11 is 0. The highest BCUT2D eigenvalue weighted by Crippen LogP contribution is 2.46. The van der Waals surface area contributed by atoms with Crippen LogP contribution in [0.2, 0.25) is 0 Å². The second-order valence-corrected chi connectivity index (χ2v) is 7.58. The molecule has 1 aliphatic carbocycles. The average molecular weight is 323 g/mol. The largest absolute Gasteiger partial charge is 0.340 e. The molecule has 1 saturated carbocycles. The van der Waals surface area contributed by atoms with Gasteiger partial charge >= 0.3 is 0 Å². The Hall–Kier alpha value is -1.84. The number of fused-ring (bicyclic) bond motifs is 2. The zero-order valence-electron chi connectivity index (χ0n) is 14.5. The zero-order chi connectivity index (χ0) is 16.7. The van der Waals surface area contributed by atoms with Crippen molar-refractivity contribution in [1.82, 2.24) is 14.9 Å². The monoisotopic (exact) mass is 323 g/mol. The normalized spacial score (nSPS) is 27.0. The molecule has 2 aromatic rings. The number of nitrogens with zero attached hydrogens (tertiary/aromatic N) is 2. The van der Waals surface area contributed by atoms with Crippen LogP contribution in [0.3, 0.4) is 0 Å². The molecule has 4 heteroatoms. The van der Waals surface area contributed by atoms with E-state index in [2.05, 4.69) is 29.8 Å². The number of hydrogen-bond acceptors (Lipinski definition) is 2. The van der Waals surface area contributed by atoms with Gasteiger partial charge in [-0.05, 0) is 49.3 Å². The van der Waals surface area contributed by atoms with E-state index in [0.29, 0.717) is 12.0 Å². The Morgan fingerprint density at radius 1 is 1.42 bits per heavy atom. The van der Waals surface area contributed by atoms with Crippen molar-refractivity contribution in [3.05, 3.63) is 36.5 Å². The molecule has 1 saturated heterocycles. The molecule has 4 nitrogen and oxygen atoms in total. The Bertz CT molecular complexity index is 702. The van der Waals surface area contributed by atoms with Crippen molar-refractivity contribution in [3.8, 4) is 0 Å². The first-order chi connectivity index (χ1) is 11.6. The summed E-state index contributed by atoms with van der Waals surface area (Å²) in [4.78, 5) is 23.3. The van der Waals surface area contributed by atoms with Crippen LogP contribution in [0.25, 0.3) is 11.0 Å². The Labute approximate surface area is 143 Å². The van der Waals surface area contributed by atoms with E-state index in [1.54, 1.807) is 0 Å². The first-order valence-corrected chi connectivity index (χ1v) is 9.16. The van der Waals surface area contributed by atoms with Gasteiger partial charge in [0.05, 0.1) is 23.5 Å². The van der Waals surface area contributed by atoms with Gasteiger partial charge in [0.1, 0.15) is 5.82 Å². The highest BCUT2D eigenvalue weighted by atomic mass is 16.2. The van der Waals surface area contributed by atoms with Crippen molar-refractivity contribution in [2.45, 2.75) is 58.0 Å². The molecule has 1 aromatic carbocycles. The smallest absolute Gasteiger partial charge is 0.227 e. The lowest BCUT2D eigenvalue weighted by Gasteiger charge is -2.34. The van der Waals surface area contributed by atoms with E-state index in [0.717, 1.165) is 29.7 Å². The van der Waals surface area contributed by atoms with Gasteiger partial charge in [0.25, 0.3) is 0 Å². The Kier molecular flexibility index (Phi) is 4.07. The highest BCUT2D eigenvalue weighted by molar-refractivity contribution is 5.86. The van der Waals surface area contributed by atoms with Gasteiger partial charge in [0.2, 0.25) is 5.91 Å². The van der Waals surface area contributed by atoms with E-state index in [4.69, 9.17) is 4.98 Å². The molecule has 3 atom stereocenters. The maximum absolute atomic E-state index is 12.9. The lowest BCUT2D eigenvalue weighted by molar-refractivity contribution is -0.131. The number of benzene rings is 1. The molecular formula is C20H25N3O. The molecule has 1 aromatic heterocycles. The summed E-state index contributed by atoms with van der Waals surface area (Å²) in [6.45, 7) is 4.14. The number of hydrogen-bond donors (Lipinski definition) is 1. The maximum atomic E-state index is 12.9. The molecule has 0 spiro atoms. The SMILES string of the molecule is CC(C)[CH]C(=O)N1[C@H](c2nc3cc[c]cc3[nH]2)C[C@@H]2CCCC[C@@H]21. The summed E-state index contributed by atoms with van der Waals surface area (Å²) in [7, 11) is 0. The van der Waals surface area contributed by atoms with Crippen molar-refractivity contribution in [2.24, 2.45) is 11.8 Å². The molecule has 4 rings (SSSR count). The van der Waals surface area contributed by atoms with Crippen molar-refractivity contribution < 1.29 is 4.79 Å². The number of nitrogens with one attached hydrogen (secondary N) is 1. The van der Waals surface area contributed by atoms with Gasteiger partial charge in [-0.15, -0.1) is 0 Å². The quantitative estimate of drug-likeness (QED) is 0.926. The highest BCUT2D eigenvalue weighted by Gasteiger charge is 2.46. The van der Waals surface area contributed by atoms with Crippen LogP contribution in [-0.4, -0.2) is 26.8 Å².